The van der Waals surface area contributed by atoms with Crippen molar-refractivity contribution in [2.24, 2.45) is 0 Å². The molecule has 0 unspecified atom stereocenters. The summed E-state index contributed by atoms with van der Waals surface area (Å²) >= 11 is 0. The van der Waals surface area contributed by atoms with Crippen LogP contribution in [0, 0.1) is 0 Å². The zero-order valence-electron chi connectivity index (χ0n) is 8.66. The van der Waals surface area contributed by atoms with E-state index in [0.717, 1.165) is 6.92 Å². The predicted octanol–water partition coefficient (Wildman–Crippen LogP) is 0.436. The van der Waals surface area contributed by atoms with Gasteiger partial charge in [0.1, 0.15) is 0 Å². The van der Waals surface area contributed by atoms with Crippen LogP contribution in [0.1, 0.15) is 27.7 Å². The van der Waals surface area contributed by atoms with Gasteiger partial charge in [0.15, 0.2) is 0 Å². The molecule has 0 amide bonds. The number of hydrogen-bond donors (Lipinski definition) is 1. The molecule has 1 N–H and O–H groups in total. The molecule has 0 heterocycles. The molecule has 6 heteroatoms. The third-order valence-electron chi connectivity index (χ3n) is 0. The third-order valence-corrected chi connectivity index (χ3v) is 0. The van der Waals surface area contributed by atoms with Crippen LogP contribution in [0.4, 0.5) is 0 Å². The van der Waals surface area contributed by atoms with Crippen LogP contribution in [0.2, 0.25) is 0 Å². The van der Waals surface area contributed by atoms with Gasteiger partial charge in [-0.05, 0) is 0 Å². The fraction of sp³-hybridized carbons (Fsp3) is 0.500. The second kappa shape index (κ2) is 54.2. The average molecular weight is 278 g/mol. The Morgan fingerprint density at radius 1 is 0.929 bits per heavy atom. The minimum atomic E-state index is -0.833. The minimum Gasteiger partial charge on any atom is -0.542 e. The van der Waals surface area contributed by atoms with Crippen LogP contribution in [0.25, 0.3) is 0 Å². The molecule has 0 aromatic rings. The summed E-state index contributed by atoms with van der Waals surface area (Å²) in [7, 11) is 0. The molecule has 0 aromatic carbocycles. The van der Waals surface area contributed by atoms with E-state index >= 15 is 0 Å². The quantitative estimate of drug-likeness (QED) is 0.649. The van der Waals surface area contributed by atoms with Crippen molar-refractivity contribution in [3.8, 4) is 0 Å². The Bertz CT molecular complexity index is 107. The largest absolute Gasteiger partial charge is 3.00 e. The number of carboxylic acid groups (broad SMARTS) is 1. The zero-order chi connectivity index (χ0) is 11.7. The van der Waals surface area contributed by atoms with E-state index in [-0.39, 0.29) is 32.7 Å². The van der Waals surface area contributed by atoms with Gasteiger partial charge in [-0.2, -0.15) is 20.8 Å². The van der Waals surface area contributed by atoms with Gasteiger partial charge in [-0.3, -0.25) is 23.7 Å². The van der Waals surface area contributed by atoms with Crippen LogP contribution < -0.4 is 0 Å². The van der Waals surface area contributed by atoms with E-state index in [2.05, 4.69) is 0 Å². The molecule has 0 aliphatic rings. The van der Waals surface area contributed by atoms with Gasteiger partial charge in [-0.1, -0.05) is 0 Å². The van der Waals surface area contributed by atoms with Gasteiger partial charge in [-0.15, -0.1) is 0 Å². The number of carboxylic acids is 1. The summed E-state index contributed by atoms with van der Waals surface area (Å²) in [5.74, 6) is -0.833. The van der Waals surface area contributed by atoms with Crippen molar-refractivity contribution < 1.29 is 57.0 Å². The molecule has 14 heavy (non-hydrogen) atoms. The van der Waals surface area contributed by atoms with Crippen molar-refractivity contribution in [3.63, 3.8) is 0 Å². The summed E-state index contributed by atoms with van der Waals surface area (Å²) < 4.78 is 0. The SMILES string of the molecule is CC(=O)O.C[C-]=O.C[C-]=O.C[C-]=O.[Y+3]. The van der Waals surface area contributed by atoms with E-state index in [1.54, 1.807) is 0 Å². The third kappa shape index (κ3) is 7490. The molecular weight excluding hydrogens is 265 g/mol. The van der Waals surface area contributed by atoms with Crippen molar-refractivity contribution >= 4 is 24.8 Å². The second-order valence-corrected chi connectivity index (χ2v) is 1.13. The summed E-state index contributed by atoms with van der Waals surface area (Å²) in [6.07, 6.45) is 4.50. The van der Waals surface area contributed by atoms with E-state index in [1.165, 1.54) is 39.6 Å². The smallest absolute Gasteiger partial charge is 0.542 e. The summed E-state index contributed by atoms with van der Waals surface area (Å²) in [5, 5.41) is 7.42. The van der Waals surface area contributed by atoms with Crippen LogP contribution in [-0.2, 0) is 51.9 Å². The molecule has 0 fully saturated rings. The fourth-order valence-electron chi connectivity index (χ4n) is 0. The van der Waals surface area contributed by atoms with E-state index < -0.39 is 5.97 Å². The zero-order valence-corrected chi connectivity index (χ0v) is 11.5. The fourth-order valence-corrected chi connectivity index (χ4v) is 0. The first-order valence-corrected chi connectivity index (χ1v) is 3.04. The normalized spacial score (nSPS) is 4.57. The molecule has 0 rings (SSSR count). The number of carbonyl (C=O) groups excluding carboxylic acids is 3. The van der Waals surface area contributed by atoms with Gasteiger partial charge in [0.05, 0.1) is 0 Å². The second-order valence-electron chi connectivity index (χ2n) is 1.13. The molecule has 5 nitrogen and oxygen atoms in total. The molecule has 0 radical (unpaired) electrons. The number of aliphatic carboxylic acids is 1. The molecule has 0 bridgehead atoms. The topological polar surface area (TPSA) is 88.5 Å². The average Bonchev–Trinajstić information content (AvgIpc) is 1.88. The molecular formula is C8H13O5Y. The Morgan fingerprint density at radius 2 is 0.929 bits per heavy atom. The van der Waals surface area contributed by atoms with Gasteiger partial charge in [0.25, 0.3) is 5.97 Å². The maximum Gasteiger partial charge on any atom is 3.00 e. The van der Waals surface area contributed by atoms with Gasteiger partial charge < -0.3 is 19.5 Å². The van der Waals surface area contributed by atoms with E-state index in [9.17, 15) is 0 Å². The number of hydrogen-bond acceptors (Lipinski definition) is 4. The Labute approximate surface area is 109 Å². The summed E-state index contributed by atoms with van der Waals surface area (Å²) in [6.45, 7) is 5.04. The van der Waals surface area contributed by atoms with Crippen molar-refractivity contribution in [1.29, 1.82) is 0 Å². The van der Waals surface area contributed by atoms with Gasteiger partial charge in [0.2, 0.25) is 0 Å². The summed E-state index contributed by atoms with van der Waals surface area (Å²) in [4.78, 5) is 35.0. The molecule has 0 aromatic heterocycles. The van der Waals surface area contributed by atoms with Crippen molar-refractivity contribution in [1.82, 2.24) is 0 Å². The van der Waals surface area contributed by atoms with Gasteiger partial charge >= 0.3 is 32.7 Å². The molecule has 0 saturated heterocycles. The van der Waals surface area contributed by atoms with Crippen LogP contribution in [0.5, 0.6) is 0 Å². The van der Waals surface area contributed by atoms with E-state index in [4.69, 9.17) is 24.3 Å². The van der Waals surface area contributed by atoms with Crippen molar-refractivity contribution in [3.05, 3.63) is 0 Å². The van der Waals surface area contributed by atoms with Crippen LogP contribution in [-0.4, -0.2) is 29.9 Å². The van der Waals surface area contributed by atoms with Crippen LogP contribution in [0.15, 0.2) is 0 Å². The first-order chi connectivity index (χ1) is 5.97. The molecule has 78 valence electrons. The molecule has 0 saturated carbocycles. The first-order valence-electron chi connectivity index (χ1n) is 3.04. The Balaban J connectivity index is -0.0000000254. The minimum absolute atomic E-state index is 0. The molecule has 0 aliphatic heterocycles. The number of rotatable bonds is 0. The van der Waals surface area contributed by atoms with Gasteiger partial charge in [0, 0.05) is 6.92 Å². The first kappa shape index (κ1) is 29.2. The Morgan fingerprint density at radius 3 is 0.929 bits per heavy atom. The Hall–Kier alpha value is -0.416. The molecule has 0 aliphatic carbocycles. The van der Waals surface area contributed by atoms with Crippen LogP contribution >= 0.6 is 0 Å². The summed E-state index contributed by atoms with van der Waals surface area (Å²) in [5.41, 5.74) is 0. The molecule has 0 spiro atoms. The standard InChI is InChI=1S/C2H4O2.3C2H3O.Y/c1-2(3)4;3*1-2-3;/h1H3,(H,3,4);3*1H3;/q;3*-1;+3. The monoisotopic (exact) mass is 278 g/mol. The van der Waals surface area contributed by atoms with Crippen molar-refractivity contribution in [2.75, 3.05) is 0 Å². The Kier molecular flexibility index (Phi) is 113. The van der Waals surface area contributed by atoms with Gasteiger partial charge in [-0.25, -0.2) is 0 Å². The summed E-state index contributed by atoms with van der Waals surface area (Å²) in [6, 6.07) is 0. The van der Waals surface area contributed by atoms with Crippen molar-refractivity contribution in [2.45, 2.75) is 27.7 Å². The van der Waals surface area contributed by atoms with E-state index in [0.29, 0.717) is 0 Å². The maximum atomic E-state index is 9.00. The maximum absolute atomic E-state index is 9.00. The van der Waals surface area contributed by atoms with E-state index in [1.807, 2.05) is 0 Å². The number of carbonyl (C=O) groups is 1. The van der Waals surface area contributed by atoms with Crippen LogP contribution in [0.3, 0.4) is 0 Å². The predicted molar refractivity (Wildman–Crippen MR) is 47.4 cm³/mol. The molecule has 0 atom stereocenters.